The van der Waals surface area contributed by atoms with Gasteiger partial charge in [0.25, 0.3) is 0 Å². The maximum Gasteiger partial charge on any atom is 0.322 e. The van der Waals surface area contributed by atoms with Gasteiger partial charge in [-0.15, -0.1) is 0 Å². The average Bonchev–Trinajstić information content (AvgIpc) is 2.07. The van der Waals surface area contributed by atoms with Crippen LogP contribution in [-0.4, -0.2) is 22.9 Å². The molecule has 0 rings (SSSR count). The quantitative estimate of drug-likeness (QED) is 0.534. The third-order valence-corrected chi connectivity index (χ3v) is 1.81. The van der Waals surface area contributed by atoms with E-state index in [0.29, 0.717) is 0 Å². The molecule has 0 saturated heterocycles. The van der Waals surface area contributed by atoms with Crippen LogP contribution in [0.15, 0.2) is 0 Å². The Labute approximate surface area is 84.9 Å². The van der Waals surface area contributed by atoms with E-state index in [9.17, 15) is 4.79 Å². The normalized spacial score (nSPS) is 11.3. The first-order valence-corrected chi connectivity index (χ1v) is 4.95. The number of carbonyl (C=O) groups is 1. The molecular weight excluding hydrogens is 194 g/mol. The molecule has 0 aromatic rings. The molecule has 1 unspecified atom stereocenters. The van der Waals surface area contributed by atoms with Crippen molar-refractivity contribution in [1.82, 2.24) is 4.72 Å². The molecule has 3 nitrogen and oxygen atoms in total. The fourth-order valence-corrected chi connectivity index (χ4v) is 0.767. The van der Waals surface area contributed by atoms with Gasteiger partial charge in [-0.2, -0.15) is 12.6 Å². The molecule has 0 aliphatic rings. The Hall–Kier alpha value is 0.130. The van der Waals surface area contributed by atoms with E-state index >= 15 is 0 Å². The number of hydrogen-bond donors (Lipinski definition) is 4. The summed E-state index contributed by atoms with van der Waals surface area (Å²) >= 11 is 7.30. The third kappa shape index (κ3) is 10.1. The summed E-state index contributed by atoms with van der Waals surface area (Å²) < 4.78 is 2.27. The van der Waals surface area contributed by atoms with Crippen LogP contribution in [-0.2, 0) is 4.79 Å². The molecule has 0 aromatic heterocycles. The second-order valence-electron chi connectivity index (χ2n) is 2.20. The fraction of sp³-hybridized carbons (Fsp3) is 0.857. The van der Waals surface area contributed by atoms with Crippen molar-refractivity contribution in [2.75, 3.05) is 5.75 Å². The van der Waals surface area contributed by atoms with Crippen molar-refractivity contribution in [2.24, 2.45) is 0 Å². The van der Waals surface area contributed by atoms with Gasteiger partial charge >= 0.3 is 5.97 Å². The van der Waals surface area contributed by atoms with Crippen LogP contribution in [0.4, 0.5) is 0 Å². The number of rotatable bonds is 4. The number of hydrogen-bond acceptors (Lipinski definition) is 4. The number of aliphatic carboxylic acids is 1. The van der Waals surface area contributed by atoms with Gasteiger partial charge in [-0.25, -0.2) is 0 Å². The van der Waals surface area contributed by atoms with Crippen LogP contribution in [0.2, 0.25) is 0 Å². The van der Waals surface area contributed by atoms with E-state index in [1.807, 2.05) is 0 Å². The molecule has 2 N–H and O–H groups in total. The van der Waals surface area contributed by atoms with Gasteiger partial charge in [-0.05, 0) is 0 Å². The first-order valence-electron chi connectivity index (χ1n) is 3.87. The van der Waals surface area contributed by atoms with E-state index < -0.39 is 12.0 Å². The summed E-state index contributed by atoms with van der Waals surface area (Å²) in [5.41, 5.74) is 0. The molecule has 74 valence electrons. The van der Waals surface area contributed by atoms with E-state index in [0.717, 1.165) is 0 Å². The zero-order valence-corrected chi connectivity index (χ0v) is 9.24. The van der Waals surface area contributed by atoms with Crippen molar-refractivity contribution in [3.8, 4) is 0 Å². The molecule has 0 heterocycles. The van der Waals surface area contributed by atoms with Crippen LogP contribution in [0.25, 0.3) is 0 Å². The molecule has 0 fully saturated rings. The Balaban J connectivity index is 0. The highest BCUT2D eigenvalue weighted by molar-refractivity contribution is 7.80. The lowest BCUT2D eigenvalue weighted by molar-refractivity contribution is -0.138. The predicted molar refractivity (Wildman–Crippen MR) is 58.0 cm³/mol. The third-order valence-electron chi connectivity index (χ3n) is 1.14. The van der Waals surface area contributed by atoms with Gasteiger partial charge in [0.1, 0.15) is 6.04 Å². The minimum absolute atomic E-state index is 0.249. The number of unbranched alkanes of at least 4 members (excludes halogenated alkanes) is 1. The van der Waals surface area contributed by atoms with Crippen LogP contribution in [0.5, 0.6) is 0 Å². The topological polar surface area (TPSA) is 49.3 Å². The summed E-state index contributed by atoms with van der Waals surface area (Å²) in [5.74, 6) is -0.686. The van der Waals surface area contributed by atoms with Gasteiger partial charge in [-0.1, -0.05) is 39.5 Å². The summed E-state index contributed by atoms with van der Waals surface area (Å²) in [4.78, 5) is 10.0. The van der Waals surface area contributed by atoms with Crippen LogP contribution in [0, 0.1) is 0 Å². The molecule has 0 saturated carbocycles. The Morgan fingerprint density at radius 3 is 1.92 bits per heavy atom. The number of carboxylic acids is 1. The van der Waals surface area contributed by atoms with E-state index in [1.165, 1.54) is 12.8 Å². The lowest BCUT2D eigenvalue weighted by atomic mass is 10.4. The molecule has 0 radical (unpaired) electrons. The van der Waals surface area contributed by atoms with Gasteiger partial charge in [0.15, 0.2) is 0 Å². The minimum atomic E-state index is -0.935. The molecule has 0 amide bonds. The molecule has 0 bridgehead atoms. The van der Waals surface area contributed by atoms with Crippen molar-refractivity contribution in [1.29, 1.82) is 0 Å². The highest BCUT2D eigenvalue weighted by Crippen LogP contribution is 1.87. The Kier molecular flexibility index (Phi) is 13.6. The van der Waals surface area contributed by atoms with Gasteiger partial charge in [-0.3, -0.25) is 9.52 Å². The Bertz CT molecular complexity index is 106. The number of nitrogens with one attached hydrogen (secondary N) is 1. The summed E-state index contributed by atoms with van der Waals surface area (Å²) in [5, 5.41) is 8.21. The van der Waals surface area contributed by atoms with E-state index in [4.69, 9.17) is 5.11 Å². The predicted octanol–water partition coefficient (Wildman–Crippen LogP) is 1.61. The molecular formula is C7H17NO2S2. The molecule has 0 spiro atoms. The molecule has 0 aliphatic carbocycles. The summed E-state index contributed by atoms with van der Waals surface area (Å²) in [6, 6.07) is -0.651. The smallest absolute Gasteiger partial charge is 0.322 e. The maximum atomic E-state index is 10.0. The molecule has 0 aromatic carbocycles. The van der Waals surface area contributed by atoms with Crippen molar-refractivity contribution >= 4 is 31.4 Å². The van der Waals surface area contributed by atoms with Crippen molar-refractivity contribution in [2.45, 2.75) is 32.7 Å². The van der Waals surface area contributed by atoms with E-state index in [-0.39, 0.29) is 5.75 Å². The monoisotopic (exact) mass is 211 g/mol. The highest BCUT2D eigenvalue weighted by atomic mass is 32.1. The van der Waals surface area contributed by atoms with E-state index in [1.54, 1.807) is 0 Å². The Morgan fingerprint density at radius 1 is 1.50 bits per heavy atom. The van der Waals surface area contributed by atoms with Gasteiger partial charge in [0.05, 0.1) is 0 Å². The van der Waals surface area contributed by atoms with Gasteiger partial charge < -0.3 is 5.11 Å². The van der Waals surface area contributed by atoms with Crippen LogP contribution in [0.1, 0.15) is 26.7 Å². The molecule has 12 heavy (non-hydrogen) atoms. The Morgan fingerprint density at radius 2 is 1.92 bits per heavy atom. The molecule has 1 atom stereocenters. The van der Waals surface area contributed by atoms with Crippen LogP contribution in [0.3, 0.4) is 0 Å². The summed E-state index contributed by atoms with van der Waals surface area (Å²) in [7, 11) is 0. The van der Waals surface area contributed by atoms with Crippen LogP contribution >= 0.6 is 25.4 Å². The fourth-order valence-electron chi connectivity index (χ4n) is 0.174. The van der Waals surface area contributed by atoms with Crippen molar-refractivity contribution in [3.63, 3.8) is 0 Å². The molecule has 0 aliphatic heterocycles. The molecule has 5 heteroatoms. The first kappa shape index (κ1) is 14.6. The van der Waals surface area contributed by atoms with Crippen molar-refractivity contribution in [3.05, 3.63) is 0 Å². The van der Waals surface area contributed by atoms with Crippen LogP contribution < -0.4 is 4.72 Å². The second kappa shape index (κ2) is 11.1. The SMILES string of the molecule is CCCC.O=C(O)C(CS)NS. The first-order chi connectivity index (χ1) is 5.63. The second-order valence-corrected chi connectivity index (χ2v) is 2.83. The number of thiol groups is 2. The average molecular weight is 211 g/mol. The lowest BCUT2D eigenvalue weighted by Crippen LogP contribution is -2.32. The minimum Gasteiger partial charge on any atom is -0.480 e. The van der Waals surface area contributed by atoms with Gasteiger partial charge in [0.2, 0.25) is 0 Å². The van der Waals surface area contributed by atoms with Gasteiger partial charge in [0, 0.05) is 5.75 Å². The zero-order valence-electron chi connectivity index (χ0n) is 7.45. The maximum absolute atomic E-state index is 10.0. The standard InChI is InChI=1S/C4H10.C3H7NO2S2/c1-3-4-2;5-3(6)2(1-7)4-8/h3-4H2,1-2H3;2,4,7-8H,1H2,(H,5,6). The summed E-state index contributed by atoms with van der Waals surface area (Å²) in [6.07, 6.45) is 2.64. The number of carboxylic acid groups (broad SMARTS) is 1. The van der Waals surface area contributed by atoms with Crippen molar-refractivity contribution < 1.29 is 9.90 Å². The lowest BCUT2D eigenvalue weighted by Gasteiger charge is -2.03. The van der Waals surface area contributed by atoms with E-state index in [2.05, 4.69) is 44.0 Å². The zero-order chi connectivity index (χ0) is 9.98. The summed E-state index contributed by atoms with van der Waals surface area (Å²) in [6.45, 7) is 4.36. The highest BCUT2D eigenvalue weighted by Gasteiger charge is 2.11. The largest absolute Gasteiger partial charge is 0.480 e.